The highest BCUT2D eigenvalue weighted by Crippen LogP contribution is 2.27. The first-order chi connectivity index (χ1) is 24.1. The molecule has 4 aromatic rings. The summed E-state index contributed by atoms with van der Waals surface area (Å²) in [5.41, 5.74) is 10.2. The third-order valence-corrected chi connectivity index (χ3v) is 6.63. The number of aliphatic hydroxyl groups is 2. The van der Waals surface area contributed by atoms with Crippen molar-refractivity contribution in [3.63, 3.8) is 0 Å². The third-order valence-electron chi connectivity index (χ3n) is 6.63. The molecule has 0 radical (unpaired) electrons. The molecule has 0 fully saturated rings. The van der Waals surface area contributed by atoms with Gasteiger partial charge in [0, 0.05) is 32.6 Å². The maximum Gasteiger partial charge on any atom is 0.158 e. The van der Waals surface area contributed by atoms with E-state index in [9.17, 15) is 0 Å². The summed E-state index contributed by atoms with van der Waals surface area (Å²) < 4.78 is 22.5. The highest BCUT2D eigenvalue weighted by molar-refractivity contribution is 6.22. The maximum absolute atomic E-state index is 9.09. The van der Waals surface area contributed by atoms with E-state index in [0.717, 1.165) is 37.3 Å². The van der Waals surface area contributed by atoms with E-state index < -0.39 is 0 Å². The summed E-state index contributed by atoms with van der Waals surface area (Å²) >= 11 is 0. The zero-order valence-corrected chi connectivity index (χ0v) is 28.5. The van der Waals surface area contributed by atoms with Crippen LogP contribution in [0.3, 0.4) is 0 Å². The summed E-state index contributed by atoms with van der Waals surface area (Å²) in [5.74, 6) is 1.64. The normalized spacial score (nSPS) is 10.4. The lowest BCUT2D eigenvalue weighted by Gasteiger charge is -2.10. The monoisotopic (exact) mass is 682 g/mol. The van der Waals surface area contributed by atoms with Crippen LogP contribution in [0.4, 0.5) is 0 Å². The first kappa shape index (κ1) is 42.4. The molecular weight excluding hydrogens is 636 g/mol. The Hall–Kier alpha value is -5.60. The van der Waals surface area contributed by atoms with Gasteiger partial charge in [-0.3, -0.25) is 5.41 Å². The van der Waals surface area contributed by atoms with Gasteiger partial charge < -0.3 is 41.0 Å². The zero-order chi connectivity index (χ0) is 35.7. The summed E-state index contributed by atoms with van der Waals surface area (Å²) in [6.07, 6.45) is 1.49. The second kappa shape index (κ2) is 25.4. The number of benzene rings is 4. The Balaban J connectivity index is 0.000000447. The lowest BCUT2D eigenvalue weighted by atomic mass is 10.1. The van der Waals surface area contributed by atoms with E-state index >= 15 is 0 Å². The van der Waals surface area contributed by atoms with Crippen molar-refractivity contribution in [3.05, 3.63) is 130 Å². The minimum absolute atomic E-state index is 0. The molecule has 8 N–H and O–H groups in total. The van der Waals surface area contributed by atoms with Crippen LogP contribution in [-0.4, -0.2) is 62.5 Å². The average Bonchev–Trinajstić information content (AvgIpc) is 3.46. The van der Waals surface area contributed by atoms with Gasteiger partial charge in [0.25, 0.3) is 0 Å². The van der Waals surface area contributed by atoms with Crippen molar-refractivity contribution in [2.24, 2.45) is 10.7 Å². The SMILES string of the molecule is CO.CO.N.N#Cc1cccc(OCCCOCc2ccccc2)c1C#N.N=C1N=C(N)c2cccc(OCCCOCc3ccccc3)c21. The lowest BCUT2D eigenvalue weighted by Crippen LogP contribution is -2.11. The number of rotatable bonds is 14. The highest BCUT2D eigenvalue weighted by Gasteiger charge is 2.22. The van der Waals surface area contributed by atoms with Gasteiger partial charge in [-0.1, -0.05) is 78.9 Å². The smallest absolute Gasteiger partial charge is 0.158 e. The maximum atomic E-state index is 9.09. The van der Waals surface area contributed by atoms with Crippen LogP contribution in [0.2, 0.25) is 0 Å². The predicted molar refractivity (Wildman–Crippen MR) is 194 cm³/mol. The Kier molecular flexibility index (Phi) is 21.6. The molecular formula is C38H46N6O6. The number of nitrogens with zero attached hydrogens (tertiary/aromatic N) is 3. The summed E-state index contributed by atoms with van der Waals surface area (Å²) in [7, 11) is 2.00. The molecule has 264 valence electrons. The molecule has 0 unspecified atom stereocenters. The Morgan fingerprint density at radius 1 is 0.660 bits per heavy atom. The van der Waals surface area contributed by atoms with Crippen LogP contribution >= 0.6 is 0 Å². The molecule has 1 aliphatic heterocycles. The summed E-state index contributed by atoms with van der Waals surface area (Å²) in [6, 6.07) is 34.6. The molecule has 0 aromatic heterocycles. The van der Waals surface area contributed by atoms with E-state index in [1.807, 2.05) is 91.0 Å². The van der Waals surface area contributed by atoms with Crippen molar-refractivity contribution in [1.29, 1.82) is 15.9 Å². The minimum Gasteiger partial charge on any atom is -0.493 e. The van der Waals surface area contributed by atoms with E-state index in [-0.39, 0.29) is 17.5 Å². The number of hydrogen-bond acceptors (Lipinski definition) is 11. The number of hydrogen-bond donors (Lipinski definition) is 5. The molecule has 5 rings (SSSR count). The molecule has 50 heavy (non-hydrogen) atoms. The highest BCUT2D eigenvalue weighted by atomic mass is 16.5. The van der Waals surface area contributed by atoms with Crippen LogP contribution in [0.25, 0.3) is 0 Å². The molecule has 1 aliphatic rings. The third kappa shape index (κ3) is 13.9. The van der Waals surface area contributed by atoms with Crippen LogP contribution in [0.15, 0.2) is 102 Å². The predicted octanol–water partition coefficient (Wildman–Crippen LogP) is 5.51. The summed E-state index contributed by atoms with van der Waals surface area (Å²) in [4.78, 5) is 3.98. The van der Waals surface area contributed by atoms with Crippen molar-refractivity contribution in [1.82, 2.24) is 6.15 Å². The number of nitrogens with two attached hydrogens (primary N) is 1. The number of aliphatic hydroxyl groups excluding tert-OH is 2. The lowest BCUT2D eigenvalue weighted by molar-refractivity contribution is 0.107. The largest absolute Gasteiger partial charge is 0.493 e. The van der Waals surface area contributed by atoms with Gasteiger partial charge in [-0.25, -0.2) is 4.99 Å². The first-order valence-electron chi connectivity index (χ1n) is 15.5. The van der Waals surface area contributed by atoms with Crippen LogP contribution in [0, 0.1) is 28.1 Å². The molecule has 0 amide bonds. The van der Waals surface area contributed by atoms with Gasteiger partial charge in [0.05, 0.1) is 50.8 Å². The van der Waals surface area contributed by atoms with Gasteiger partial charge in [-0.05, 0) is 29.3 Å². The molecule has 4 aromatic carbocycles. The van der Waals surface area contributed by atoms with Crippen molar-refractivity contribution in [3.8, 4) is 23.6 Å². The Morgan fingerprint density at radius 2 is 1.16 bits per heavy atom. The van der Waals surface area contributed by atoms with E-state index in [1.54, 1.807) is 18.2 Å². The number of amidine groups is 2. The van der Waals surface area contributed by atoms with E-state index in [2.05, 4.69) is 4.99 Å². The number of nitriles is 2. The molecule has 12 nitrogen and oxygen atoms in total. The fourth-order valence-corrected chi connectivity index (χ4v) is 4.42. The first-order valence-corrected chi connectivity index (χ1v) is 15.5. The Bertz CT molecular complexity index is 1670. The van der Waals surface area contributed by atoms with Gasteiger partial charge in [0.1, 0.15) is 35.0 Å². The van der Waals surface area contributed by atoms with Gasteiger partial charge in [0.15, 0.2) is 5.84 Å². The molecule has 0 aliphatic carbocycles. The van der Waals surface area contributed by atoms with E-state index in [0.29, 0.717) is 74.5 Å². The van der Waals surface area contributed by atoms with Crippen LogP contribution in [0.5, 0.6) is 11.5 Å². The van der Waals surface area contributed by atoms with Crippen molar-refractivity contribution < 1.29 is 29.2 Å². The van der Waals surface area contributed by atoms with Gasteiger partial charge in [-0.2, -0.15) is 10.5 Å². The average molecular weight is 683 g/mol. The number of ether oxygens (including phenoxy) is 4. The van der Waals surface area contributed by atoms with Crippen molar-refractivity contribution >= 4 is 11.7 Å². The fourth-order valence-electron chi connectivity index (χ4n) is 4.42. The minimum atomic E-state index is 0. The molecule has 0 saturated heterocycles. The quantitative estimate of drug-likeness (QED) is 0.105. The van der Waals surface area contributed by atoms with Crippen molar-refractivity contribution in [2.75, 3.05) is 40.6 Å². The molecule has 0 saturated carbocycles. The Morgan fingerprint density at radius 3 is 1.68 bits per heavy atom. The molecule has 0 bridgehead atoms. The summed E-state index contributed by atoms with van der Waals surface area (Å²) in [6.45, 7) is 3.36. The Labute approximate surface area is 294 Å². The number of fused-ring (bicyclic) bond motifs is 1. The van der Waals surface area contributed by atoms with E-state index in [4.69, 9.17) is 50.8 Å². The fraction of sp³-hybridized carbons (Fsp3) is 0.263. The standard InChI is InChI=1S/C18H19N3O2.C18H16N2O2.2CH4O.H3N/c19-17-14-8-4-9-15(16(14)18(20)21-17)23-11-5-10-22-12-13-6-2-1-3-7-13;19-12-16-8-4-9-18(17(16)13-20)22-11-5-10-21-14-15-6-2-1-3-7-15;2*1-2;/h1-4,6-9H,5,10-12H2,(H3,19,20,21);1-4,6-9H,5,10-11,14H2;2*2H,1H3;1H3. The topological polar surface area (TPSA) is 222 Å². The van der Waals surface area contributed by atoms with E-state index in [1.165, 1.54) is 0 Å². The zero-order valence-electron chi connectivity index (χ0n) is 28.5. The number of aliphatic imine (C=N–C) groups is 1. The molecule has 0 spiro atoms. The van der Waals surface area contributed by atoms with Gasteiger partial charge in [0.2, 0.25) is 0 Å². The second-order valence-electron chi connectivity index (χ2n) is 9.91. The molecule has 12 heteroatoms. The summed E-state index contributed by atoms with van der Waals surface area (Å²) in [5, 5.41) is 39.9. The number of nitrogens with one attached hydrogen (secondary N) is 1. The van der Waals surface area contributed by atoms with Crippen LogP contribution in [0.1, 0.15) is 46.2 Å². The molecule has 0 atom stereocenters. The molecule has 1 heterocycles. The second-order valence-corrected chi connectivity index (χ2v) is 9.91. The van der Waals surface area contributed by atoms with Gasteiger partial charge in [-0.15, -0.1) is 0 Å². The van der Waals surface area contributed by atoms with Crippen LogP contribution in [-0.2, 0) is 22.7 Å². The van der Waals surface area contributed by atoms with Crippen molar-refractivity contribution in [2.45, 2.75) is 26.1 Å². The van der Waals surface area contributed by atoms with Gasteiger partial charge >= 0.3 is 0 Å². The van der Waals surface area contributed by atoms with Crippen LogP contribution < -0.4 is 21.4 Å².